The van der Waals surface area contributed by atoms with E-state index in [1.807, 2.05) is 19.1 Å². The molecule has 1 amide bonds. The average molecular weight is 327 g/mol. The third-order valence-electron chi connectivity index (χ3n) is 4.98. The number of carbonyl (C=O) groups excluding carboxylic acids is 2. The van der Waals surface area contributed by atoms with Crippen LogP contribution in [0.2, 0.25) is 0 Å². The molecule has 0 aromatic heterocycles. The van der Waals surface area contributed by atoms with Crippen LogP contribution in [-0.2, 0) is 14.3 Å². The third-order valence-corrected chi connectivity index (χ3v) is 4.98. The largest absolute Gasteiger partial charge is 0.497 e. The summed E-state index contributed by atoms with van der Waals surface area (Å²) in [6.07, 6.45) is 0.0571. The van der Waals surface area contributed by atoms with Crippen LogP contribution in [0.5, 0.6) is 5.75 Å². The zero-order chi connectivity index (χ0) is 17.6. The molecular weight excluding hydrogens is 306 g/mol. The molecule has 1 aromatic carbocycles. The number of carbonyl (C=O) groups is 2. The highest BCUT2D eigenvalue weighted by molar-refractivity contribution is 6.11. The van der Waals surface area contributed by atoms with E-state index in [0.29, 0.717) is 12.2 Å². The topological polar surface area (TPSA) is 55.8 Å². The molecule has 0 unspecified atom stereocenters. The van der Waals surface area contributed by atoms with E-state index in [1.54, 1.807) is 24.1 Å². The highest BCUT2D eigenvalue weighted by Gasteiger charge is 2.70. The van der Waals surface area contributed by atoms with Crippen molar-refractivity contribution in [2.75, 3.05) is 12.0 Å². The first kappa shape index (κ1) is 16.3. The predicted molar refractivity (Wildman–Crippen MR) is 90.8 cm³/mol. The van der Waals surface area contributed by atoms with Crippen LogP contribution in [-0.4, -0.2) is 31.1 Å². The summed E-state index contributed by atoms with van der Waals surface area (Å²) < 4.78 is 10.6. The Balaban J connectivity index is 2.02. The van der Waals surface area contributed by atoms with Gasteiger partial charge in [0.25, 0.3) is 0 Å². The van der Waals surface area contributed by atoms with Crippen molar-refractivity contribution >= 4 is 17.6 Å². The standard InChI is InChI=1S/C19H21NO4/c1-11(2)19-12(3)10-16(24-13(4)21)17(19)20(18(19)22)14-6-8-15(23-5)9-7-14/h6-9,16-17H,1,3,10H2,2,4-5H3/t16-,17-,19+/m0/s1. The van der Waals surface area contributed by atoms with Crippen molar-refractivity contribution in [1.29, 1.82) is 0 Å². The first-order valence-electron chi connectivity index (χ1n) is 7.83. The van der Waals surface area contributed by atoms with Gasteiger partial charge < -0.3 is 14.4 Å². The van der Waals surface area contributed by atoms with Gasteiger partial charge in [-0.25, -0.2) is 0 Å². The van der Waals surface area contributed by atoms with E-state index < -0.39 is 11.5 Å². The summed E-state index contributed by atoms with van der Waals surface area (Å²) in [7, 11) is 1.59. The molecule has 1 aliphatic carbocycles. The molecule has 3 atom stereocenters. The van der Waals surface area contributed by atoms with E-state index in [1.165, 1.54) is 6.92 Å². The number of hydrogen-bond donors (Lipinski definition) is 0. The van der Waals surface area contributed by atoms with Gasteiger partial charge in [-0.3, -0.25) is 9.59 Å². The number of methoxy groups -OCH3 is 1. The van der Waals surface area contributed by atoms with Gasteiger partial charge in [-0.1, -0.05) is 24.3 Å². The number of benzene rings is 1. The van der Waals surface area contributed by atoms with Crippen molar-refractivity contribution < 1.29 is 19.1 Å². The van der Waals surface area contributed by atoms with Crippen LogP contribution < -0.4 is 9.64 Å². The van der Waals surface area contributed by atoms with Crippen molar-refractivity contribution in [3.63, 3.8) is 0 Å². The van der Waals surface area contributed by atoms with E-state index in [9.17, 15) is 9.59 Å². The molecule has 0 bridgehead atoms. The average Bonchev–Trinajstić information content (AvgIpc) is 2.76. The number of fused-ring (bicyclic) bond motifs is 1. The number of rotatable bonds is 4. The monoisotopic (exact) mass is 327 g/mol. The van der Waals surface area contributed by atoms with Gasteiger partial charge in [-0.2, -0.15) is 0 Å². The molecule has 126 valence electrons. The summed E-state index contributed by atoms with van der Waals surface area (Å²) in [6.45, 7) is 11.3. The van der Waals surface area contributed by atoms with Crippen molar-refractivity contribution in [3.05, 3.63) is 48.6 Å². The summed E-state index contributed by atoms with van der Waals surface area (Å²) in [5, 5.41) is 0. The molecule has 1 saturated carbocycles. The van der Waals surface area contributed by atoms with Crippen LogP contribution in [0.3, 0.4) is 0 Å². The maximum Gasteiger partial charge on any atom is 0.302 e. The smallest absolute Gasteiger partial charge is 0.302 e. The number of β-lactam (4-membered cyclic amide) rings is 1. The fraction of sp³-hybridized carbons (Fsp3) is 0.368. The molecule has 0 N–H and O–H groups in total. The van der Waals surface area contributed by atoms with E-state index >= 15 is 0 Å². The highest BCUT2D eigenvalue weighted by Crippen LogP contribution is 2.59. The van der Waals surface area contributed by atoms with Crippen molar-refractivity contribution in [3.8, 4) is 5.75 Å². The minimum atomic E-state index is -0.833. The molecule has 2 fully saturated rings. The molecule has 1 aliphatic heterocycles. The minimum absolute atomic E-state index is 0.0650. The van der Waals surface area contributed by atoms with Crippen molar-refractivity contribution in [1.82, 2.24) is 0 Å². The molecule has 3 rings (SSSR count). The number of esters is 1. The number of amides is 1. The lowest BCUT2D eigenvalue weighted by Gasteiger charge is -2.54. The van der Waals surface area contributed by atoms with Crippen LogP contribution in [0.25, 0.3) is 0 Å². The summed E-state index contributed by atoms with van der Waals surface area (Å²) in [5.74, 6) is 0.286. The van der Waals surface area contributed by atoms with Gasteiger partial charge in [0.2, 0.25) is 5.91 Å². The van der Waals surface area contributed by atoms with Crippen LogP contribution in [0.1, 0.15) is 20.3 Å². The first-order chi connectivity index (χ1) is 11.3. The molecule has 0 spiro atoms. The van der Waals surface area contributed by atoms with Gasteiger partial charge in [0.1, 0.15) is 17.3 Å². The second-order valence-corrected chi connectivity index (χ2v) is 6.36. The molecule has 1 heterocycles. The molecular formula is C19H21NO4. The number of anilines is 1. The van der Waals surface area contributed by atoms with E-state index in [2.05, 4.69) is 13.2 Å². The lowest BCUT2D eigenvalue weighted by molar-refractivity contribution is -0.151. The van der Waals surface area contributed by atoms with Gasteiger partial charge >= 0.3 is 5.97 Å². The lowest BCUT2D eigenvalue weighted by atomic mass is 9.65. The number of nitrogens with zero attached hydrogens (tertiary/aromatic N) is 1. The quantitative estimate of drug-likeness (QED) is 0.485. The van der Waals surface area contributed by atoms with E-state index in [-0.39, 0.29) is 17.9 Å². The number of hydrogen-bond acceptors (Lipinski definition) is 4. The summed E-state index contributed by atoms with van der Waals surface area (Å²) in [5.41, 5.74) is 1.41. The van der Waals surface area contributed by atoms with Crippen LogP contribution >= 0.6 is 0 Å². The van der Waals surface area contributed by atoms with E-state index in [4.69, 9.17) is 9.47 Å². The van der Waals surface area contributed by atoms with Gasteiger partial charge in [-0.15, -0.1) is 0 Å². The first-order valence-corrected chi connectivity index (χ1v) is 7.83. The predicted octanol–water partition coefficient (Wildman–Crippen LogP) is 2.86. The third kappa shape index (κ3) is 2.00. The van der Waals surface area contributed by atoms with Crippen LogP contribution in [0.4, 0.5) is 5.69 Å². The molecule has 1 aromatic rings. The normalized spacial score (nSPS) is 28.2. The molecule has 24 heavy (non-hydrogen) atoms. The summed E-state index contributed by atoms with van der Waals surface area (Å²) >= 11 is 0. The molecule has 5 nitrogen and oxygen atoms in total. The molecule has 5 heteroatoms. The summed E-state index contributed by atoms with van der Waals surface area (Å²) in [6, 6.07) is 6.95. The Hall–Kier alpha value is -2.56. The SMILES string of the molecule is C=C(C)[C@@]12C(=C)C[C@H](OC(C)=O)[C@@H]1N(c1ccc(OC)cc1)C2=O. The van der Waals surface area contributed by atoms with Crippen molar-refractivity contribution in [2.45, 2.75) is 32.4 Å². The van der Waals surface area contributed by atoms with Gasteiger partial charge in [0.15, 0.2) is 0 Å². The van der Waals surface area contributed by atoms with Gasteiger partial charge in [0, 0.05) is 19.0 Å². The lowest BCUT2D eigenvalue weighted by Crippen LogP contribution is -2.71. The van der Waals surface area contributed by atoms with Crippen molar-refractivity contribution in [2.24, 2.45) is 5.41 Å². The Morgan fingerprint density at radius 1 is 1.29 bits per heavy atom. The molecule has 1 saturated heterocycles. The molecule has 0 radical (unpaired) electrons. The maximum absolute atomic E-state index is 13.0. The second kappa shape index (κ2) is 5.51. The zero-order valence-electron chi connectivity index (χ0n) is 14.2. The van der Waals surface area contributed by atoms with Gasteiger partial charge in [0.05, 0.1) is 13.2 Å². The van der Waals surface area contributed by atoms with E-state index in [0.717, 1.165) is 16.8 Å². The second-order valence-electron chi connectivity index (χ2n) is 6.36. The Morgan fingerprint density at radius 2 is 1.92 bits per heavy atom. The Morgan fingerprint density at radius 3 is 2.42 bits per heavy atom. The van der Waals surface area contributed by atoms with Crippen LogP contribution in [0.15, 0.2) is 48.6 Å². The fourth-order valence-corrected chi connectivity index (χ4v) is 3.97. The Bertz CT molecular complexity index is 736. The van der Waals surface area contributed by atoms with Gasteiger partial charge in [-0.05, 0) is 31.2 Å². The number of ether oxygens (including phenoxy) is 2. The highest BCUT2D eigenvalue weighted by atomic mass is 16.5. The Labute approximate surface area is 141 Å². The zero-order valence-corrected chi connectivity index (χ0v) is 14.2. The minimum Gasteiger partial charge on any atom is -0.497 e. The van der Waals surface area contributed by atoms with Crippen LogP contribution in [0, 0.1) is 5.41 Å². The molecule has 2 aliphatic rings. The fourth-order valence-electron chi connectivity index (χ4n) is 3.97. The summed E-state index contributed by atoms with van der Waals surface area (Å²) in [4.78, 5) is 26.2. The maximum atomic E-state index is 13.0. The Kier molecular flexibility index (Phi) is 3.74.